The minimum Gasteiger partial charge on any atom is -0.497 e. The number of fused-ring (bicyclic) bond motifs is 1. The number of amides is 1. The molecule has 0 fully saturated rings. The third-order valence-corrected chi connectivity index (χ3v) is 7.16. The number of carbonyl (C=O) groups excluding carboxylic acids is 1. The van der Waals surface area contributed by atoms with Crippen molar-refractivity contribution in [2.24, 2.45) is 0 Å². The van der Waals surface area contributed by atoms with E-state index >= 15 is 0 Å². The first-order chi connectivity index (χ1) is 20.3. The van der Waals surface area contributed by atoms with Gasteiger partial charge >= 0.3 is 5.97 Å². The predicted molar refractivity (Wildman–Crippen MR) is 159 cm³/mol. The number of rotatable bonds is 10. The third-order valence-electron chi connectivity index (χ3n) is 7.16. The summed E-state index contributed by atoms with van der Waals surface area (Å²) in [6, 6.07) is 25.1. The van der Waals surface area contributed by atoms with Gasteiger partial charge in [0.1, 0.15) is 17.3 Å². The van der Waals surface area contributed by atoms with Gasteiger partial charge in [-0.25, -0.2) is 4.39 Å². The average molecular weight is 568 g/mol. The van der Waals surface area contributed by atoms with Crippen LogP contribution >= 0.6 is 0 Å². The monoisotopic (exact) mass is 567 g/mol. The highest BCUT2D eigenvalue weighted by molar-refractivity contribution is 5.94. The lowest BCUT2D eigenvalue weighted by molar-refractivity contribution is -0.136. The summed E-state index contributed by atoms with van der Waals surface area (Å²) in [6.45, 7) is 2.05. The van der Waals surface area contributed by atoms with Crippen LogP contribution in [0.1, 0.15) is 35.3 Å². The van der Waals surface area contributed by atoms with Gasteiger partial charge in [-0.15, -0.1) is 0 Å². The van der Waals surface area contributed by atoms with Crippen molar-refractivity contribution in [1.82, 2.24) is 15.1 Å². The maximum Gasteiger partial charge on any atom is 0.305 e. The lowest BCUT2D eigenvalue weighted by atomic mass is 10.0. The molecule has 9 heteroatoms. The molecule has 0 radical (unpaired) electrons. The molecule has 1 atom stereocenters. The van der Waals surface area contributed by atoms with Gasteiger partial charge in [0.15, 0.2) is 0 Å². The number of nitrogens with zero attached hydrogens (tertiary/aromatic N) is 2. The Morgan fingerprint density at radius 3 is 2.38 bits per heavy atom. The zero-order valence-corrected chi connectivity index (χ0v) is 23.4. The van der Waals surface area contributed by atoms with Crippen molar-refractivity contribution < 1.29 is 28.6 Å². The smallest absolute Gasteiger partial charge is 0.305 e. The molecule has 5 aromatic rings. The van der Waals surface area contributed by atoms with Crippen LogP contribution in [0.3, 0.4) is 0 Å². The highest BCUT2D eigenvalue weighted by Gasteiger charge is 2.20. The molecule has 1 amide bonds. The van der Waals surface area contributed by atoms with Gasteiger partial charge in [-0.1, -0.05) is 30.3 Å². The Morgan fingerprint density at radius 2 is 1.67 bits per heavy atom. The second kappa shape index (κ2) is 12.1. The van der Waals surface area contributed by atoms with Gasteiger partial charge in [0.2, 0.25) is 0 Å². The molecule has 2 N–H and O–H groups in total. The number of benzene rings is 4. The molecule has 0 aliphatic carbocycles. The molecule has 0 spiro atoms. The van der Waals surface area contributed by atoms with Crippen molar-refractivity contribution >= 4 is 22.6 Å². The van der Waals surface area contributed by atoms with Crippen molar-refractivity contribution in [2.45, 2.75) is 19.4 Å². The number of carboxylic acids is 1. The molecule has 0 saturated carbocycles. The molecule has 1 unspecified atom stereocenters. The number of hydrogen-bond acceptors (Lipinski definition) is 5. The number of hydrogen-bond donors (Lipinski definition) is 2. The minimum absolute atomic E-state index is 0.0494. The van der Waals surface area contributed by atoms with Crippen LogP contribution in [0.2, 0.25) is 0 Å². The molecule has 0 saturated heterocycles. The number of ether oxygens (including phenoxy) is 2. The first kappa shape index (κ1) is 28.4. The summed E-state index contributed by atoms with van der Waals surface area (Å²) in [5.41, 5.74) is 4.14. The van der Waals surface area contributed by atoms with Crippen LogP contribution in [0.25, 0.3) is 33.3 Å². The molecule has 4 aromatic carbocycles. The molecule has 1 heterocycles. The van der Waals surface area contributed by atoms with Gasteiger partial charge in [-0.05, 0) is 77.9 Å². The summed E-state index contributed by atoms with van der Waals surface area (Å²) in [5, 5.41) is 18.4. The van der Waals surface area contributed by atoms with E-state index in [9.17, 15) is 14.0 Å². The van der Waals surface area contributed by atoms with Crippen molar-refractivity contribution in [3.63, 3.8) is 0 Å². The highest BCUT2D eigenvalue weighted by atomic mass is 19.1. The van der Waals surface area contributed by atoms with Crippen LogP contribution in [-0.4, -0.2) is 47.5 Å². The highest BCUT2D eigenvalue weighted by Crippen LogP contribution is 2.36. The molecular weight excluding hydrogens is 537 g/mol. The van der Waals surface area contributed by atoms with Crippen LogP contribution in [0.4, 0.5) is 4.39 Å². The Labute approximate surface area is 242 Å². The van der Waals surface area contributed by atoms with Crippen molar-refractivity contribution in [1.29, 1.82) is 0 Å². The molecular formula is C33H30FN3O5. The van der Waals surface area contributed by atoms with E-state index in [2.05, 4.69) is 11.4 Å². The Bertz CT molecular complexity index is 1760. The van der Waals surface area contributed by atoms with E-state index in [1.54, 1.807) is 25.3 Å². The van der Waals surface area contributed by atoms with Gasteiger partial charge in [0.25, 0.3) is 5.91 Å². The number of nitrogens with one attached hydrogen (secondary N) is 1. The van der Waals surface area contributed by atoms with Crippen molar-refractivity contribution in [2.75, 3.05) is 20.8 Å². The van der Waals surface area contributed by atoms with Crippen LogP contribution in [0.5, 0.6) is 11.5 Å². The lowest BCUT2D eigenvalue weighted by Gasteiger charge is -2.17. The zero-order chi connectivity index (χ0) is 29.8. The fourth-order valence-electron chi connectivity index (χ4n) is 4.87. The topological polar surface area (TPSA) is 103 Å². The van der Waals surface area contributed by atoms with Crippen LogP contribution in [0, 0.1) is 5.82 Å². The predicted octanol–water partition coefficient (Wildman–Crippen LogP) is 6.34. The molecule has 5 rings (SSSR count). The van der Waals surface area contributed by atoms with Gasteiger partial charge in [0.05, 0.1) is 38.1 Å². The Kier molecular flexibility index (Phi) is 8.19. The molecule has 214 valence electrons. The van der Waals surface area contributed by atoms with Crippen LogP contribution in [0.15, 0.2) is 84.9 Å². The Hall–Kier alpha value is -5.18. The molecule has 8 nitrogen and oxygen atoms in total. The maximum absolute atomic E-state index is 14.3. The fraction of sp³-hybridized carbons (Fsp3) is 0.182. The Morgan fingerprint density at radius 1 is 0.929 bits per heavy atom. The minimum atomic E-state index is -0.976. The van der Waals surface area contributed by atoms with Crippen LogP contribution < -0.4 is 14.8 Å². The summed E-state index contributed by atoms with van der Waals surface area (Å²) < 4.78 is 27.1. The molecule has 0 aliphatic heterocycles. The summed E-state index contributed by atoms with van der Waals surface area (Å²) in [5.74, 6) is -0.441. The fourth-order valence-corrected chi connectivity index (χ4v) is 4.87. The van der Waals surface area contributed by atoms with E-state index in [0.29, 0.717) is 22.6 Å². The number of aromatic nitrogens is 2. The van der Waals surface area contributed by atoms with E-state index in [4.69, 9.17) is 19.7 Å². The van der Waals surface area contributed by atoms with E-state index in [1.165, 1.54) is 19.2 Å². The number of carboxylic acid groups (broad SMARTS) is 1. The van der Waals surface area contributed by atoms with E-state index in [-0.39, 0.29) is 24.9 Å². The zero-order valence-electron chi connectivity index (χ0n) is 23.4. The van der Waals surface area contributed by atoms with Crippen molar-refractivity contribution in [3.8, 4) is 34.0 Å². The Balaban J connectivity index is 1.55. The summed E-state index contributed by atoms with van der Waals surface area (Å²) in [6.07, 6.45) is -0.149. The molecule has 0 aliphatic rings. The lowest BCUT2D eigenvalue weighted by Crippen LogP contribution is -2.26. The molecule has 0 bridgehead atoms. The molecule has 42 heavy (non-hydrogen) atoms. The van der Waals surface area contributed by atoms with Gasteiger partial charge in [-0.3, -0.25) is 14.3 Å². The van der Waals surface area contributed by atoms with Crippen LogP contribution in [-0.2, 0) is 4.79 Å². The second-order valence-electron chi connectivity index (χ2n) is 9.83. The average Bonchev–Trinajstić information content (AvgIpc) is 3.45. The van der Waals surface area contributed by atoms with E-state index in [0.717, 1.165) is 33.3 Å². The second-order valence-corrected chi connectivity index (χ2v) is 9.83. The first-order valence-corrected chi connectivity index (χ1v) is 13.4. The summed E-state index contributed by atoms with van der Waals surface area (Å²) in [7, 11) is 3.17. The normalized spacial score (nSPS) is 11.7. The largest absolute Gasteiger partial charge is 0.497 e. The van der Waals surface area contributed by atoms with Gasteiger partial charge in [0, 0.05) is 23.2 Å². The van der Waals surface area contributed by atoms with Gasteiger partial charge < -0.3 is 19.9 Å². The maximum atomic E-state index is 14.3. The SMILES string of the molecule is COc1ccc2cc(-c3cc(-c4cc(F)ccc4OC)nn3C(C)c3ccc(C(=O)NCCC(=O)O)cc3)ccc2c1. The first-order valence-electron chi connectivity index (χ1n) is 13.4. The summed E-state index contributed by atoms with van der Waals surface area (Å²) >= 11 is 0. The summed E-state index contributed by atoms with van der Waals surface area (Å²) in [4.78, 5) is 23.2. The number of methoxy groups -OCH3 is 2. The van der Waals surface area contributed by atoms with Crippen molar-refractivity contribution in [3.05, 3.63) is 102 Å². The van der Waals surface area contributed by atoms with E-state index in [1.807, 2.05) is 60.1 Å². The molecule has 1 aromatic heterocycles. The van der Waals surface area contributed by atoms with Gasteiger partial charge in [-0.2, -0.15) is 5.10 Å². The third kappa shape index (κ3) is 5.95. The van der Waals surface area contributed by atoms with E-state index < -0.39 is 11.8 Å². The standard InChI is InChI=1S/C33H30FN3O5/c1-20(21-4-6-22(7-5-21)33(40)35-15-14-32(38)39)37-30(19-29(36-37)28-18-26(34)11-13-31(28)42-3)25-9-8-24-17-27(41-2)12-10-23(24)16-25/h4-13,16-20H,14-15H2,1-3H3,(H,35,40)(H,38,39). The number of carbonyl (C=O) groups is 2. The number of aliphatic carboxylic acids is 1. The number of halogens is 1. The quantitative estimate of drug-likeness (QED) is 0.204.